The molecule has 10 heteroatoms. The van der Waals surface area contributed by atoms with Crippen molar-refractivity contribution in [1.82, 2.24) is 19.9 Å². The highest BCUT2D eigenvalue weighted by Crippen LogP contribution is 2.47. The second-order valence-electron chi connectivity index (χ2n) is 8.49. The van der Waals surface area contributed by atoms with Crippen LogP contribution in [0.2, 0.25) is 0 Å². The number of hydrogen-bond donors (Lipinski definition) is 1. The third-order valence-electron chi connectivity index (χ3n) is 6.41. The summed E-state index contributed by atoms with van der Waals surface area (Å²) in [6.45, 7) is 1.47. The number of benzene rings is 1. The molecule has 2 aromatic heterocycles. The van der Waals surface area contributed by atoms with Crippen LogP contribution in [0.15, 0.2) is 61.1 Å². The van der Waals surface area contributed by atoms with Crippen LogP contribution < -0.4 is 9.62 Å². The van der Waals surface area contributed by atoms with Gasteiger partial charge in [0.05, 0.1) is 30.0 Å². The minimum atomic E-state index is -3.36. The third-order valence-corrected chi connectivity index (χ3v) is 7.54. The fraction of sp³-hybridized carbons (Fsp3) is 0.304. The summed E-state index contributed by atoms with van der Waals surface area (Å²) in [7, 11) is -3.36. The van der Waals surface area contributed by atoms with Crippen molar-refractivity contribution in [3.8, 4) is 11.4 Å². The Kier molecular flexibility index (Phi) is 5.24. The normalized spacial score (nSPS) is 17.1. The monoisotopic (exact) mass is 464 g/mol. The molecule has 0 bridgehead atoms. The molecule has 5 rings (SSSR count). The summed E-state index contributed by atoms with van der Waals surface area (Å²) >= 11 is 0. The van der Waals surface area contributed by atoms with Crippen molar-refractivity contribution in [2.75, 3.05) is 35.5 Å². The number of urea groups is 1. The van der Waals surface area contributed by atoms with Crippen molar-refractivity contribution in [2.24, 2.45) is 0 Å². The van der Waals surface area contributed by atoms with E-state index in [2.05, 4.69) is 20.3 Å². The Labute approximate surface area is 192 Å². The molecule has 2 aliphatic heterocycles. The Morgan fingerprint density at radius 1 is 0.970 bits per heavy atom. The molecule has 33 heavy (non-hydrogen) atoms. The lowest BCUT2D eigenvalue weighted by atomic mass is 9.74. The van der Waals surface area contributed by atoms with Gasteiger partial charge in [0.15, 0.2) is 5.82 Å². The fourth-order valence-corrected chi connectivity index (χ4v) is 5.67. The number of piperidine rings is 1. The highest BCUT2D eigenvalue weighted by atomic mass is 32.2. The molecule has 1 spiro atoms. The summed E-state index contributed by atoms with van der Waals surface area (Å²) in [6, 6.07) is 13.0. The maximum Gasteiger partial charge on any atom is 0.323 e. The van der Waals surface area contributed by atoms with Crippen molar-refractivity contribution >= 4 is 27.6 Å². The first-order valence-electron chi connectivity index (χ1n) is 10.7. The van der Waals surface area contributed by atoms with Crippen LogP contribution >= 0.6 is 0 Å². The van der Waals surface area contributed by atoms with Crippen molar-refractivity contribution in [3.05, 3.63) is 66.6 Å². The Morgan fingerprint density at radius 2 is 1.73 bits per heavy atom. The minimum absolute atomic E-state index is 0.240. The van der Waals surface area contributed by atoms with Gasteiger partial charge in [0.25, 0.3) is 0 Å². The van der Waals surface area contributed by atoms with Gasteiger partial charge in [-0.1, -0.05) is 24.3 Å². The SMILES string of the molecule is CS(=O)(=O)N1CC2(CCN(C(=O)Nc3cnc(-c4ccccn4)cn3)CC2)c2ccccc21. The first kappa shape index (κ1) is 21.3. The Morgan fingerprint density at radius 3 is 2.39 bits per heavy atom. The fourth-order valence-electron chi connectivity index (χ4n) is 4.67. The van der Waals surface area contributed by atoms with Crippen LogP contribution in [0, 0.1) is 0 Å². The molecule has 1 aromatic carbocycles. The van der Waals surface area contributed by atoms with Crippen LogP contribution in [0.4, 0.5) is 16.3 Å². The third kappa shape index (κ3) is 4.02. The van der Waals surface area contributed by atoms with E-state index in [0.29, 0.717) is 49.7 Å². The smallest absolute Gasteiger partial charge is 0.323 e. The van der Waals surface area contributed by atoms with E-state index in [4.69, 9.17) is 0 Å². The predicted octanol–water partition coefficient (Wildman–Crippen LogP) is 2.88. The number of pyridine rings is 1. The van der Waals surface area contributed by atoms with Crippen LogP contribution in [-0.4, -0.2) is 60.2 Å². The van der Waals surface area contributed by atoms with Crippen molar-refractivity contribution in [1.29, 1.82) is 0 Å². The second kappa shape index (κ2) is 8.11. The average molecular weight is 465 g/mol. The molecule has 0 unspecified atom stereocenters. The van der Waals surface area contributed by atoms with Crippen LogP contribution in [0.3, 0.4) is 0 Å². The molecule has 0 saturated carbocycles. The number of anilines is 2. The molecule has 3 aromatic rings. The van der Waals surface area contributed by atoms with Gasteiger partial charge < -0.3 is 4.90 Å². The molecular formula is C23H24N6O3S. The maximum atomic E-state index is 12.8. The lowest BCUT2D eigenvalue weighted by Gasteiger charge is -2.39. The number of likely N-dealkylation sites (tertiary alicyclic amines) is 1. The topological polar surface area (TPSA) is 108 Å². The summed E-state index contributed by atoms with van der Waals surface area (Å²) < 4.78 is 26.2. The number of carbonyl (C=O) groups excluding carboxylic acids is 1. The number of para-hydroxylation sites is 1. The largest absolute Gasteiger partial charge is 0.324 e. The first-order chi connectivity index (χ1) is 15.9. The lowest BCUT2D eigenvalue weighted by Crippen LogP contribution is -2.48. The molecule has 1 N–H and O–H groups in total. The quantitative estimate of drug-likeness (QED) is 0.639. The van der Waals surface area contributed by atoms with Gasteiger partial charge in [-0.05, 0) is 36.6 Å². The number of amides is 2. The van der Waals surface area contributed by atoms with Gasteiger partial charge in [-0.25, -0.2) is 23.2 Å². The summed E-state index contributed by atoms with van der Waals surface area (Å²) in [5.41, 5.74) is 2.86. The molecular weight excluding hydrogens is 440 g/mol. The zero-order valence-corrected chi connectivity index (χ0v) is 19.0. The van der Waals surface area contributed by atoms with Crippen molar-refractivity contribution in [3.63, 3.8) is 0 Å². The van der Waals surface area contributed by atoms with Gasteiger partial charge >= 0.3 is 6.03 Å². The summed E-state index contributed by atoms with van der Waals surface area (Å²) in [6.07, 6.45) is 7.41. The number of rotatable bonds is 3. The maximum absolute atomic E-state index is 12.8. The first-order valence-corrected chi connectivity index (χ1v) is 12.6. The van der Waals surface area contributed by atoms with Gasteiger partial charge in [0.1, 0.15) is 5.69 Å². The molecule has 9 nitrogen and oxygen atoms in total. The number of nitrogens with zero attached hydrogens (tertiary/aromatic N) is 5. The summed E-state index contributed by atoms with van der Waals surface area (Å²) in [4.78, 5) is 27.4. The highest BCUT2D eigenvalue weighted by Gasteiger charge is 2.47. The molecule has 1 fully saturated rings. The summed E-state index contributed by atoms with van der Waals surface area (Å²) in [5.74, 6) is 0.370. The number of carbonyl (C=O) groups is 1. The number of fused-ring (bicyclic) bond motifs is 2. The lowest BCUT2D eigenvalue weighted by molar-refractivity contribution is 0.173. The van der Waals surface area contributed by atoms with Gasteiger partial charge in [0.2, 0.25) is 10.0 Å². The average Bonchev–Trinajstić information content (AvgIpc) is 3.15. The number of aromatic nitrogens is 3. The van der Waals surface area contributed by atoms with Gasteiger partial charge in [-0.2, -0.15) is 0 Å². The van der Waals surface area contributed by atoms with E-state index in [1.807, 2.05) is 42.5 Å². The van der Waals surface area contributed by atoms with E-state index in [0.717, 1.165) is 11.3 Å². The number of nitrogens with one attached hydrogen (secondary N) is 1. The molecule has 0 aliphatic carbocycles. The molecule has 2 amide bonds. The van der Waals surface area contributed by atoms with Crippen LogP contribution in [0.5, 0.6) is 0 Å². The van der Waals surface area contributed by atoms with E-state index in [-0.39, 0.29) is 11.4 Å². The molecule has 2 aliphatic rings. The molecule has 170 valence electrons. The molecule has 4 heterocycles. The van der Waals surface area contributed by atoms with Crippen molar-refractivity contribution in [2.45, 2.75) is 18.3 Å². The van der Waals surface area contributed by atoms with E-state index in [9.17, 15) is 13.2 Å². The predicted molar refractivity (Wildman–Crippen MR) is 125 cm³/mol. The Bertz CT molecular complexity index is 1270. The number of sulfonamides is 1. The number of hydrogen-bond acceptors (Lipinski definition) is 6. The zero-order chi connectivity index (χ0) is 23.1. The highest BCUT2D eigenvalue weighted by molar-refractivity contribution is 7.92. The molecule has 0 radical (unpaired) electrons. The van der Waals surface area contributed by atoms with Crippen LogP contribution in [-0.2, 0) is 15.4 Å². The molecule has 1 saturated heterocycles. The summed E-state index contributed by atoms with van der Waals surface area (Å²) in [5, 5.41) is 2.81. The standard InChI is InChI=1S/C23H24N6O3S/c1-33(31,32)29-16-23(17-6-2-3-8-20(17)29)9-12-28(13-10-23)22(30)27-21-15-25-19(14-26-21)18-7-4-5-11-24-18/h2-8,11,14-15H,9-10,12-13,16H2,1H3,(H,26,27,30). The zero-order valence-electron chi connectivity index (χ0n) is 18.2. The Balaban J connectivity index is 1.26. The van der Waals surface area contributed by atoms with E-state index < -0.39 is 10.0 Å². The van der Waals surface area contributed by atoms with Crippen LogP contribution in [0.25, 0.3) is 11.4 Å². The van der Waals surface area contributed by atoms with Crippen molar-refractivity contribution < 1.29 is 13.2 Å². The Hall–Kier alpha value is -3.53. The van der Waals surface area contributed by atoms with Gasteiger partial charge in [-0.15, -0.1) is 0 Å². The van der Waals surface area contributed by atoms with Gasteiger partial charge in [0, 0.05) is 31.2 Å². The van der Waals surface area contributed by atoms with Crippen LogP contribution in [0.1, 0.15) is 18.4 Å². The minimum Gasteiger partial charge on any atom is -0.324 e. The van der Waals surface area contributed by atoms with E-state index in [1.54, 1.807) is 17.3 Å². The van der Waals surface area contributed by atoms with E-state index in [1.165, 1.54) is 16.8 Å². The second-order valence-corrected chi connectivity index (χ2v) is 10.4. The molecule has 0 atom stereocenters. The van der Waals surface area contributed by atoms with Gasteiger partial charge in [-0.3, -0.25) is 14.6 Å². The van der Waals surface area contributed by atoms with E-state index >= 15 is 0 Å².